The second-order valence-corrected chi connectivity index (χ2v) is 9.26. The van der Waals surface area contributed by atoms with Crippen molar-refractivity contribution >= 4 is 37.1 Å². The van der Waals surface area contributed by atoms with E-state index in [1.54, 1.807) is 11.3 Å². The molecule has 1 aromatic rings. The SMILES string of the molecule is CC(NCC1CCS(=O)(=O)C1)c1ccc(Br)s1. The largest absolute Gasteiger partial charge is 0.309 e. The van der Waals surface area contributed by atoms with E-state index in [0.717, 1.165) is 16.8 Å². The zero-order valence-corrected chi connectivity index (χ0v) is 12.9. The summed E-state index contributed by atoms with van der Waals surface area (Å²) in [5, 5.41) is 3.42. The summed E-state index contributed by atoms with van der Waals surface area (Å²) in [5.41, 5.74) is 0. The van der Waals surface area contributed by atoms with Crippen LogP contribution < -0.4 is 5.32 Å². The average Bonchev–Trinajstić information content (AvgIpc) is 2.81. The monoisotopic (exact) mass is 337 g/mol. The molecule has 0 amide bonds. The fourth-order valence-corrected chi connectivity index (χ4v) is 5.35. The molecule has 2 atom stereocenters. The maximum atomic E-state index is 11.3. The molecule has 96 valence electrons. The molecule has 17 heavy (non-hydrogen) atoms. The normalized spacial score (nSPS) is 24.9. The number of thiophene rings is 1. The molecule has 0 saturated carbocycles. The lowest BCUT2D eigenvalue weighted by Gasteiger charge is -2.15. The first kappa shape index (κ1) is 13.5. The standard InChI is InChI=1S/C11H16BrNO2S2/c1-8(10-2-3-11(12)16-10)13-6-9-4-5-17(14,15)7-9/h2-3,8-9,13H,4-7H2,1H3. The molecule has 0 aliphatic carbocycles. The number of rotatable bonds is 4. The van der Waals surface area contributed by atoms with Gasteiger partial charge in [-0.25, -0.2) is 8.42 Å². The highest BCUT2D eigenvalue weighted by molar-refractivity contribution is 9.11. The van der Waals surface area contributed by atoms with Gasteiger partial charge in [0.15, 0.2) is 9.84 Å². The first-order valence-electron chi connectivity index (χ1n) is 5.65. The van der Waals surface area contributed by atoms with Crippen molar-refractivity contribution in [1.29, 1.82) is 0 Å². The minimum absolute atomic E-state index is 0.283. The molecular weight excluding hydrogens is 322 g/mol. The Morgan fingerprint density at radius 3 is 2.88 bits per heavy atom. The van der Waals surface area contributed by atoms with Crippen LogP contribution in [0.5, 0.6) is 0 Å². The van der Waals surface area contributed by atoms with Crippen molar-refractivity contribution in [2.24, 2.45) is 5.92 Å². The smallest absolute Gasteiger partial charge is 0.150 e. The molecule has 1 N–H and O–H groups in total. The van der Waals surface area contributed by atoms with E-state index < -0.39 is 9.84 Å². The summed E-state index contributed by atoms with van der Waals surface area (Å²) in [6.45, 7) is 2.90. The molecule has 1 aliphatic rings. The van der Waals surface area contributed by atoms with Crippen LogP contribution in [-0.4, -0.2) is 26.5 Å². The maximum absolute atomic E-state index is 11.3. The Morgan fingerprint density at radius 1 is 1.59 bits per heavy atom. The van der Waals surface area contributed by atoms with Crippen LogP contribution in [0, 0.1) is 5.92 Å². The Labute approximate surface area is 115 Å². The van der Waals surface area contributed by atoms with Crippen LogP contribution in [-0.2, 0) is 9.84 Å². The van der Waals surface area contributed by atoms with Crippen molar-refractivity contribution in [2.75, 3.05) is 18.1 Å². The molecule has 3 nitrogen and oxygen atoms in total. The second kappa shape index (κ2) is 5.38. The van der Waals surface area contributed by atoms with Crippen molar-refractivity contribution in [2.45, 2.75) is 19.4 Å². The number of halogens is 1. The van der Waals surface area contributed by atoms with Crippen LogP contribution in [0.15, 0.2) is 15.9 Å². The number of hydrogen-bond donors (Lipinski definition) is 1. The fourth-order valence-electron chi connectivity index (χ4n) is 2.04. The van der Waals surface area contributed by atoms with Crippen molar-refractivity contribution in [3.05, 3.63) is 20.8 Å². The Kier molecular flexibility index (Phi) is 4.28. The van der Waals surface area contributed by atoms with Crippen LogP contribution in [0.1, 0.15) is 24.3 Å². The van der Waals surface area contributed by atoms with Crippen LogP contribution in [0.3, 0.4) is 0 Å². The lowest BCUT2D eigenvalue weighted by atomic mass is 10.1. The van der Waals surface area contributed by atoms with E-state index in [0.29, 0.717) is 11.5 Å². The first-order chi connectivity index (χ1) is 7.96. The van der Waals surface area contributed by atoms with Crippen LogP contribution in [0.4, 0.5) is 0 Å². The lowest BCUT2D eigenvalue weighted by molar-refractivity contribution is 0.479. The Morgan fingerprint density at radius 2 is 2.35 bits per heavy atom. The molecule has 2 rings (SSSR count). The highest BCUT2D eigenvalue weighted by Gasteiger charge is 2.27. The van der Waals surface area contributed by atoms with Crippen LogP contribution in [0.2, 0.25) is 0 Å². The molecule has 0 bridgehead atoms. The zero-order valence-electron chi connectivity index (χ0n) is 9.65. The van der Waals surface area contributed by atoms with E-state index in [2.05, 4.69) is 34.2 Å². The van der Waals surface area contributed by atoms with Crippen molar-refractivity contribution in [3.8, 4) is 0 Å². The van der Waals surface area contributed by atoms with Gasteiger partial charge in [-0.05, 0) is 53.9 Å². The van der Waals surface area contributed by atoms with E-state index >= 15 is 0 Å². The summed E-state index contributed by atoms with van der Waals surface area (Å²) in [4.78, 5) is 1.28. The number of nitrogens with one attached hydrogen (secondary N) is 1. The Balaban J connectivity index is 1.83. The molecule has 1 aliphatic heterocycles. The van der Waals surface area contributed by atoms with Gasteiger partial charge in [0, 0.05) is 10.9 Å². The summed E-state index contributed by atoms with van der Waals surface area (Å²) in [5.74, 6) is 0.991. The summed E-state index contributed by atoms with van der Waals surface area (Å²) in [6, 6.07) is 4.42. The lowest BCUT2D eigenvalue weighted by Crippen LogP contribution is -2.25. The predicted octanol–water partition coefficient (Wildman–Crippen LogP) is 2.60. The maximum Gasteiger partial charge on any atom is 0.150 e. The molecule has 0 spiro atoms. The molecule has 2 unspecified atom stereocenters. The third kappa shape index (κ3) is 3.77. The van der Waals surface area contributed by atoms with Crippen molar-refractivity contribution in [3.63, 3.8) is 0 Å². The van der Waals surface area contributed by atoms with Crippen molar-refractivity contribution < 1.29 is 8.42 Å². The summed E-state index contributed by atoms with van der Waals surface area (Å²) < 4.78 is 23.8. The zero-order chi connectivity index (χ0) is 12.5. The molecule has 6 heteroatoms. The molecule has 1 fully saturated rings. The predicted molar refractivity (Wildman–Crippen MR) is 75.2 cm³/mol. The summed E-state index contributed by atoms with van der Waals surface area (Å²) in [7, 11) is -2.75. The average molecular weight is 338 g/mol. The summed E-state index contributed by atoms with van der Waals surface area (Å²) in [6.07, 6.45) is 0.802. The van der Waals surface area contributed by atoms with E-state index in [-0.39, 0.29) is 12.0 Å². The van der Waals surface area contributed by atoms with Gasteiger partial charge in [-0.3, -0.25) is 0 Å². The Hall–Kier alpha value is 0.0900. The van der Waals surface area contributed by atoms with Gasteiger partial charge in [0.25, 0.3) is 0 Å². The minimum atomic E-state index is -2.75. The van der Waals surface area contributed by atoms with Gasteiger partial charge in [-0.1, -0.05) is 0 Å². The van der Waals surface area contributed by atoms with Gasteiger partial charge in [0.05, 0.1) is 15.3 Å². The van der Waals surface area contributed by atoms with Gasteiger partial charge in [0.1, 0.15) is 0 Å². The molecular formula is C11H16BrNO2S2. The van der Waals surface area contributed by atoms with Crippen LogP contribution >= 0.6 is 27.3 Å². The minimum Gasteiger partial charge on any atom is -0.309 e. The van der Waals surface area contributed by atoms with Gasteiger partial charge in [-0.2, -0.15) is 0 Å². The van der Waals surface area contributed by atoms with E-state index in [1.165, 1.54) is 4.88 Å². The quantitative estimate of drug-likeness (QED) is 0.918. The highest BCUT2D eigenvalue weighted by atomic mass is 79.9. The van der Waals surface area contributed by atoms with Gasteiger partial charge in [0.2, 0.25) is 0 Å². The molecule has 1 saturated heterocycles. The highest BCUT2D eigenvalue weighted by Crippen LogP contribution is 2.27. The number of hydrogen-bond acceptors (Lipinski definition) is 4. The third-order valence-corrected chi connectivity index (χ3v) is 6.70. The molecule has 0 radical (unpaired) electrons. The van der Waals surface area contributed by atoms with E-state index in [4.69, 9.17) is 0 Å². The third-order valence-electron chi connectivity index (χ3n) is 3.06. The van der Waals surface area contributed by atoms with E-state index in [9.17, 15) is 8.42 Å². The topological polar surface area (TPSA) is 46.2 Å². The first-order valence-corrected chi connectivity index (χ1v) is 9.08. The molecule has 0 aromatic carbocycles. The summed E-state index contributed by atoms with van der Waals surface area (Å²) >= 11 is 5.16. The number of sulfone groups is 1. The van der Waals surface area contributed by atoms with Gasteiger partial charge in [-0.15, -0.1) is 11.3 Å². The Bertz CT molecular complexity index is 483. The van der Waals surface area contributed by atoms with Gasteiger partial charge < -0.3 is 5.32 Å². The van der Waals surface area contributed by atoms with Crippen LogP contribution in [0.25, 0.3) is 0 Å². The molecule has 2 heterocycles. The second-order valence-electron chi connectivity index (χ2n) is 4.54. The van der Waals surface area contributed by atoms with Gasteiger partial charge >= 0.3 is 0 Å². The van der Waals surface area contributed by atoms with E-state index in [1.807, 2.05) is 6.07 Å². The molecule has 1 aromatic heterocycles. The fraction of sp³-hybridized carbons (Fsp3) is 0.636. The van der Waals surface area contributed by atoms with Crippen molar-refractivity contribution in [1.82, 2.24) is 5.32 Å².